The molecule has 0 saturated carbocycles. The van der Waals surface area contributed by atoms with Gasteiger partial charge in [-0.25, -0.2) is 14.2 Å². The Kier molecular flexibility index (Phi) is 6.28. The van der Waals surface area contributed by atoms with Crippen molar-refractivity contribution < 1.29 is 28.7 Å². The SMILES string of the molecule is NC(=O)c1nn(CC(=O)N2C[C@H](F)C[C@H]2C(=O)Nc2cccc(Br)n2)c2ccc(C(=O)O)cc12. The molecule has 1 fully saturated rings. The van der Waals surface area contributed by atoms with Crippen LogP contribution in [0.3, 0.4) is 0 Å². The van der Waals surface area contributed by atoms with E-state index in [1.54, 1.807) is 18.2 Å². The molecule has 2 atom stereocenters. The summed E-state index contributed by atoms with van der Waals surface area (Å²) in [6, 6.07) is 7.76. The van der Waals surface area contributed by atoms with Gasteiger partial charge in [-0.05, 0) is 46.3 Å². The molecule has 11 nitrogen and oxygen atoms in total. The molecule has 3 aromatic rings. The Balaban J connectivity index is 1.59. The normalized spacial score (nSPS) is 17.6. The van der Waals surface area contributed by atoms with Crippen molar-refractivity contribution >= 4 is 56.3 Å². The number of anilines is 1. The molecule has 4 N–H and O–H groups in total. The van der Waals surface area contributed by atoms with E-state index >= 15 is 0 Å². The van der Waals surface area contributed by atoms with E-state index in [1.807, 2.05) is 0 Å². The number of aromatic nitrogens is 3. The molecule has 1 aromatic carbocycles. The van der Waals surface area contributed by atoms with Crippen LogP contribution in [0, 0.1) is 0 Å². The zero-order valence-electron chi connectivity index (χ0n) is 17.4. The topological polar surface area (TPSA) is 161 Å². The fraction of sp³-hybridized carbons (Fsp3) is 0.238. The Hall–Kier alpha value is -3.87. The van der Waals surface area contributed by atoms with Gasteiger partial charge in [0.05, 0.1) is 17.6 Å². The molecule has 3 amide bonds. The van der Waals surface area contributed by atoms with Crippen LogP contribution >= 0.6 is 15.9 Å². The van der Waals surface area contributed by atoms with Gasteiger partial charge >= 0.3 is 5.97 Å². The summed E-state index contributed by atoms with van der Waals surface area (Å²) in [5.74, 6) is -3.06. The van der Waals surface area contributed by atoms with Gasteiger partial charge in [-0.2, -0.15) is 5.10 Å². The molecule has 0 unspecified atom stereocenters. The summed E-state index contributed by atoms with van der Waals surface area (Å²) in [5, 5.41) is 16.0. The molecule has 0 bridgehead atoms. The molecule has 0 radical (unpaired) electrons. The number of primary amides is 1. The second-order valence-corrected chi connectivity index (χ2v) is 8.45. The number of alkyl halides is 1. The third kappa shape index (κ3) is 4.59. The first kappa shape index (κ1) is 23.3. The van der Waals surface area contributed by atoms with Crippen LogP contribution in [-0.4, -0.2) is 67.2 Å². The number of carboxylic acids is 1. The van der Waals surface area contributed by atoms with E-state index in [9.17, 15) is 28.7 Å². The summed E-state index contributed by atoms with van der Waals surface area (Å²) in [6.07, 6.45) is -1.58. The van der Waals surface area contributed by atoms with Crippen molar-refractivity contribution in [2.24, 2.45) is 5.73 Å². The Morgan fingerprint density at radius 1 is 1.24 bits per heavy atom. The summed E-state index contributed by atoms with van der Waals surface area (Å²) >= 11 is 3.20. The molecule has 4 rings (SSSR count). The third-order valence-corrected chi connectivity index (χ3v) is 5.80. The van der Waals surface area contributed by atoms with Crippen molar-refractivity contribution in [3.8, 4) is 0 Å². The van der Waals surface area contributed by atoms with E-state index in [0.29, 0.717) is 10.1 Å². The monoisotopic (exact) mass is 532 g/mol. The molecule has 176 valence electrons. The maximum atomic E-state index is 14.2. The smallest absolute Gasteiger partial charge is 0.335 e. The molecule has 0 aliphatic carbocycles. The highest BCUT2D eigenvalue weighted by molar-refractivity contribution is 9.10. The first-order valence-electron chi connectivity index (χ1n) is 10.0. The summed E-state index contributed by atoms with van der Waals surface area (Å²) in [6.45, 7) is -0.699. The van der Waals surface area contributed by atoms with E-state index in [-0.39, 0.29) is 35.4 Å². The van der Waals surface area contributed by atoms with Crippen molar-refractivity contribution in [3.63, 3.8) is 0 Å². The molecular formula is C21H18BrFN6O5. The van der Waals surface area contributed by atoms with Gasteiger partial charge in [0.2, 0.25) is 11.8 Å². The molecular weight excluding hydrogens is 515 g/mol. The van der Waals surface area contributed by atoms with Gasteiger partial charge in [0.1, 0.15) is 29.2 Å². The summed E-state index contributed by atoms with van der Waals surface area (Å²) < 4.78 is 15.9. The number of benzene rings is 1. The van der Waals surface area contributed by atoms with Crippen molar-refractivity contribution in [1.29, 1.82) is 0 Å². The van der Waals surface area contributed by atoms with Crippen LogP contribution in [0.2, 0.25) is 0 Å². The van der Waals surface area contributed by atoms with E-state index < -0.39 is 42.4 Å². The molecule has 2 aromatic heterocycles. The number of carbonyl (C=O) groups is 4. The number of carboxylic acid groups (broad SMARTS) is 1. The zero-order valence-corrected chi connectivity index (χ0v) is 19.0. The number of nitrogens with two attached hydrogens (primary N) is 1. The Morgan fingerprint density at radius 2 is 2.00 bits per heavy atom. The third-order valence-electron chi connectivity index (χ3n) is 5.36. The number of aromatic carboxylic acids is 1. The van der Waals surface area contributed by atoms with E-state index in [4.69, 9.17) is 5.73 Å². The average molecular weight is 533 g/mol. The van der Waals surface area contributed by atoms with Crippen LogP contribution in [0.4, 0.5) is 10.2 Å². The minimum atomic E-state index is -1.40. The fourth-order valence-corrected chi connectivity index (χ4v) is 4.17. The Labute approximate surface area is 199 Å². The quantitative estimate of drug-likeness (QED) is 0.406. The lowest BCUT2D eigenvalue weighted by atomic mass is 10.1. The van der Waals surface area contributed by atoms with Crippen LogP contribution in [0.1, 0.15) is 27.3 Å². The van der Waals surface area contributed by atoms with Crippen LogP contribution in [0.15, 0.2) is 41.0 Å². The van der Waals surface area contributed by atoms with Gasteiger partial charge in [0.15, 0.2) is 5.69 Å². The van der Waals surface area contributed by atoms with Gasteiger partial charge in [-0.3, -0.25) is 19.1 Å². The van der Waals surface area contributed by atoms with Crippen molar-refractivity contribution in [2.45, 2.75) is 25.2 Å². The van der Waals surface area contributed by atoms with Crippen LogP contribution in [0.5, 0.6) is 0 Å². The molecule has 1 aliphatic rings. The maximum Gasteiger partial charge on any atom is 0.335 e. The highest BCUT2D eigenvalue weighted by atomic mass is 79.9. The van der Waals surface area contributed by atoms with Crippen LogP contribution in [-0.2, 0) is 16.1 Å². The number of halogens is 2. The zero-order chi connectivity index (χ0) is 24.6. The standard InChI is InChI=1S/C21H18BrFN6O5/c22-15-2-1-3-16(25-15)26-20(32)14-7-11(23)8-28(14)17(30)9-29-13-5-4-10(21(33)34)6-12(13)18(27-29)19(24)31/h1-6,11,14H,7-9H2,(H2,24,31)(H,33,34)(H,25,26,32)/t11-,14+/m1/s1. The number of carbonyl (C=O) groups excluding carboxylic acids is 3. The summed E-state index contributed by atoms with van der Waals surface area (Å²) in [4.78, 5) is 54.2. The lowest BCUT2D eigenvalue weighted by Gasteiger charge is -2.23. The highest BCUT2D eigenvalue weighted by Crippen LogP contribution is 2.25. The van der Waals surface area contributed by atoms with Crippen LogP contribution < -0.4 is 11.1 Å². The van der Waals surface area contributed by atoms with Crippen molar-refractivity contribution in [1.82, 2.24) is 19.7 Å². The second-order valence-electron chi connectivity index (χ2n) is 7.64. The molecule has 1 aliphatic heterocycles. The summed E-state index contributed by atoms with van der Waals surface area (Å²) in [5.41, 5.74) is 5.37. The van der Waals surface area contributed by atoms with E-state index in [1.165, 1.54) is 22.9 Å². The van der Waals surface area contributed by atoms with Crippen LogP contribution in [0.25, 0.3) is 10.9 Å². The van der Waals surface area contributed by atoms with E-state index in [0.717, 1.165) is 4.90 Å². The minimum Gasteiger partial charge on any atom is -0.478 e. The highest BCUT2D eigenvalue weighted by Gasteiger charge is 2.40. The first-order chi connectivity index (χ1) is 16.1. The number of nitrogens with one attached hydrogen (secondary N) is 1. The van der Waals surface area contributed by atoms with Crippen molar-refractivity contribution in [2.75, 3.05) is 11.9 Å². The number of fused-ring (bicyclic) bond motifs is 1. The van der Waals surface area contributed by atoms with Crippen molar-refractivity contribution in [3.05, 3.63) is 52.3 Å². The molecule has 1 saturated heterocycles. The lowest BCUT2D eigenvalue weighted by Crippen LogP contribution is -2.44. The lowest BCUT2D eigenvalue weighted by molar-refractivity contribution is -0.137. The fourth-order valence-electron chi connectivity index (χ4n) is 3.83. The number of pyridine rings is 1. The first-order valence-corrected chi connectivity index (χ1v) is 10.8. The van der Waals surface area contributed by atoms with Gasteiger partial charge in [-0.15, -0.1) is 0 Å². The van der Waals surface area contributed by atoms with Gasteiger partial charge in [-0.1, -0.05) is 6.07 Å². The van der Waals surface area contributed by atoms with Gasteiger partial charge in [0, 0.05) is 11.8 Å². The Bertz CT molecular complexity index is 1330. The van der Waals surface area contributed by atoms with Gasteiger partial charge in [0.25, 0.3) is 5.91 Å². The predicted octanol–water partition coefficient (Wildman–Crippen LogP) is 1.57. The average Bonchev–Trinajstić information content (AvgIpc) is 3.34. The summed E-state index contributed by atoms with van der Waals surface area (Å²) in [7, 11) is 0. The molecule has 0 spiro atoms. The van der Waals surface area contributed by atoms with Gasteiger partial charge < -0.3 is 21.1 Å². The number of hydrogen-bond acceptors (Lipinski definition) is 6. The number of amides is 3. The van der Waals surface area contributed by atoms with E-state index in [2.05, 4.69) is 31.3 Å². The molecule has 3 heterocycles. The second kappa shape index (κ2) is 9.17. The predicted molar refractivity (Wildman–Crippen MR) is 121 cm³/mol. The molecule has 34 heavy (non-hydrogen) atoms. The molecule has 13 heteroatoms. The number of likely N-dealkylation sites (tertiary alicyclic amines) is 1. The number of rotatable bonds is 6. The number of nitrogens with zero attached hydrogens (tertiary/aromatic N) is 4. The maximum absolute atomic E-state index is 14.2. The Morgan fingerprint density at radius 3 is 2.68 bits per heavy atom. The largest absolute Gasteiger partial charge is 0.478 e. The number of hydrogen-bond donors (Lipinski definition) is 3. The minimum absolute atomic E-state index is 0.0846.